The van der Waals surface area contributed by atoms with Crippen LogP contribution in [0.1, 0.15) is 18.4 Å². The molecule has 1 aromatic carbocycles. The molecule has 1 saturated heterocycles. The van der Waals surface area contributed by atoms with Gasteiger partial charge in [0.2, 0.25) is 11.9 Å². The molecule has 144 valence electrons. The van der Waals surface area contributed by atoms with Gasteiger partial charge in [0.05, 0.1) is 6.42 Å². The van der Waals surface area contributed by atoms with Gasteiger partial charge < -0.3 is 20.7 Å². The minimum Gasteiger partial charge on any atom is -0.492 e. The molecule has 3 N–H and O–H groups in total. The lowest BCUT2D eigenvalue weighted by molar-refractivity contribution is -0.120. The molecule has 0 radical (unpaired) electrons. The molecule has 2 heterocycles. The Hall–Kier alpha value is -2.67. The summed E-state index contributed by atoms with van der Waals surface area (Å²) in [6.07, 6.45) is 6.06. The molecule has 1 aliphatic rings. The molecule has 0 spiro atoms. The summed E-state index contributed by atoms with van der Waals surface area (Å²) in [5.74, 6) is 1.95. The zero-order valence-electron chi connectivity index (χ0n) is 15.5. The van der Waals surface area contributed by atoms with E-state index in [0.29, 0.717) is 32.0 Å². The number of aromatic nitrogens is 2. The van der Waals surface area contributed by atoms with Crippen molar-refractivity contribution in [3.05, 3.63) is 48.3 Å². The Morgan fingerprint density at radius 1 is 1.30 bits per heavy atom. The second kappa shape index (κ2) is 9.87. The molecule has 3 rings (SSSR count). The maximum Gasteiger partial charge on any atom is 0.225 e. The second-order valence-electron chi connectivity index (χ2n) is 6.77. The number of carbonyl (C=O) groups is 1. The molecule has 1 atom stereocenters. The van der Waals surface area contributed by atoms with E-state index < -0.39 is 0 Å². The van der Waals surface area contributed by atoms with Crippen LogP contribution in [0.15, 0.2) is 42.7 Å². The van der Waals surface area contributed by atoms with E-state index in [2.05, 4.69) is 20.2 Å². The van der Waals surface area contributed by atoms with E-state index in [1.165, 1.54) is 0 Å². The van der Waals surface area contributed by atoms with E-state index in [1.807, 2.05) is 30.3 Å². The summed E-state index contributed by atoms with van der Waals surface area (Å²) in [5, 5.41) is 3.07. The number of hydrogen-bond acceptors (Lipinski definition) is 6. The highest BCUT2D eigenvalue weighted by atomic mass is 16.5. The number of piperidine rings is 1. The Bertz CT molecular complexity index is 725. The number of anilines is 1. The topological polar surface area (TPSA) is 93.4 Å². The molecule has 1 amide bonds. The second-order valence-corrected chi connectivity index (χ2v) is 6.77. The first-order valence-electron chi connectivity index (χ1n) is 9.45. The predicted molar refractivity (Wildman–Crippen MR) is 105 cm³/mol. The largest absolute Gasteiger partial charge is 0.492 e. The van der Waals surface area contributed by atoms with Crippen LogP contribution < -0.4 is 20.7 Å². The molecule has 7 heteroatoms. The number of ether oxygens (including phenoxy) is 1. The van der Waals surface area contributed by atoms with E-state index >= 15 is 0 Å². The van der Waals surface area contributed by atoms with Gasteiger partial charge in [-0.2, -0.15) is 0 Å². The van der Waals surface area contributed by atoms with Crippen LogP contribution in [-0.4, -0.2) is 48.7 Å². The van der Waals surface area contributed by atoms with E-state index in [4.69, 9.17) is 10.5 Å². The van der Waals surface area contributed by atoms with Gasteiger partial charge in [0, 0.05) is 38.6 Å². The Balaban J connectivity index is 1.46. The van der Waals surface area contributed by atoms with Gasteiger partial charge in [0.15, 0.2) is 0 Å². The van der Waals surface area contributed by atoms with Crippen LogP contribution in [0, 0.1) is 5.92 Å². The number of hydrogen-bond donors (Lipinski definition) is 2. The highest BCUT2D eigenvalue weighted by Gasteiger charge is 2.22. The van der Waals surface area contributed by atoms with E-state index in [-0.39, 0.29) is 5.91 Å². The summed E-state index contributed by atoms with van der Waals surface area (Å²) in [4.78, 5) is 23.2. The van der Waals surface area contributed by atoms with Crippen LogP contribution in [0.4, 0.5) is 5.95 Å². The van der Waals surface area contributed by atoms with Gasteiger partial charge in [-0.25, -0.2) is 9.97 Å². The van der Waals surface area contributed by atoms with Gasteiger partial charge in [0.25, 0.3) is 0 Å². The fourth-order valence-electron chi connectivity index (χ4n) is 3.30. The maximum absolute atomic E-state index is 12.3. The summed E-state index contributed by atoms with van der Waals surface area (Å²) >= 11 is 0. The number of rotatable bonds is 8. The van der Waals surface area contributed by atoms with E-state index in [9.17, 15) is 4.79 Å². The third-order valence-corrected chi connectivity index (χ3v) is 4.59. The first-order chi connectivity index (χ1) is 13.2. The van der Waals surface area contributed by atoms with Crippen molar-refractivity contribution in [2.24, 2.45) is 11.7 Å². The number of amides is 1. The lowest BCUT2D eigenvalue weighted by Gasteiger charge is -2.32. The van der Waals surface area contributed by atoms with Crippen LogP contribution in [0.5, 0.6) is 5.75 Å². The van der Waals surface area contributed by atoms with Crippen molar-refractivity contribution in [1.82, 2.24) is 15.3 Å². The Labute approximate surface area is 159 Å². The summed E-state index contributed by atoms with van der Waals surface area (Å²) < 4.78 is 5.51. The molecule has 0 unspecified atom stereocenters. The lowest BCUT2D eigenvalue weighted by Crippen LogP contribution is -2.41. The molecule has 1 fully saturated rings. The van der Waals surface area contributed by atoms with Crippen molar-refractivity contribution in [3.63, 3.8) is 0 Å². The minimum absolute atomic E-state index is 0.0269. The molecule has 7 nitrogen and oxygen atoms in total. The average Bonchev–Trinajstić information content (AvgIpc) is 2.72. The van der Waals surface area contributed by atoms with Gasteiger partial charge in [-0.3, -0.25) is 4.79 Å². The lowest BCUT2D eigenvalue weighted by atomic mass is 9.98. The number of nitrogens with two attached hydrogens (primary N) is 1. The summed E-state index contributed by atoms with van der Waals surface area (Å²) in [5.41, 5.74) is 6.39. The molecule has 1 aromatic heterocycles. The van der Waals surface area contributed by atoms with Crippen molar-refractivity contribution in [1.29, 1.82) is 0 Å². The Morgan fingerprint density at radius 2 is 2.15 bits per heavy atom. The van der Waals surface area contributed by atoms with Crippen LogP contribution in [-0.2, 0) is 11.2 Å². The molecular weight excluding hydrogens is 342 g/mol. The Morgan fingerprint density at radius 3 is 2.96 bits per heavy atom. The minimum atomic E-state index is 0.0269. The predicted octanol–water partition coefficient (Wildman–Crippen LogP) is 1.39. The van der Waals surface area contributed by atoms with Gasteiger partial charge in [-0.1, -0.05) is 12.1 Å². The average molecular weight is 369 g/mol. The summed E-state index contributed by atoms with van der Waals surface area (Å²) in [6.45, 7) is 3.44. The number of nitrogens with zero attached hydrogens (tertiary/aromatic N) is 3. The van der Waals surface area contributed by atoms with Crippen molar-refractivity contribution < 1.29 is 9.53 Å². The third-order valence-electron chi connectivity index (χ3n) is 4.59. The van der Waals surface area contributed by atoms with Crippen LogP contribution in [0.25, 0.3) is 0 Å². The van der Waals surface area contributed by atoms with Crippen LogP contribution in [0.2, 0.25) is 0 Å². The van der Waals surface area contributed by atoms with Crippen molar-refractivity contribution in [2.45, 2.75) is 19.3 Å². The SMILES string of the molecule is NCCOc1cccc(CC(=O)NC[C@H]2CCCN(c3ncccn3)C2)c1. The number of carbonyl (C=O) groups excluding carboxylic acids is 1. The smallest absolute Gasteiger partial charge is 0.225 e. The van der Waals surface area contributed by atoms with Crippen LogP contribution >= 0.6 is 0 Å². The third kappa shape index (κ3) is 5.92. The molecule has 2 aromatic rings. The highest BCUT2D eigenvalue weighted by molar-refractivity contribution is 5.78. The molecule has 0 aliphatic carbocycles. The highest BCUT2D eigenvalue weighted by Crippen LogP contribution is 2.19. The first kappa shape index (κ1) is 19.1. The van der Waals surface area contributed by atoms with E-state index in [1.54, 1.807) is 12.4 Å². The molecule has 0 bridgehead atoms. The summed E-state index contributed by atoms with van der Waals surface area (Å²) in [7, 11) is 0. The molecule has 1 aliphatic heterocycles. The quantitative estimate of drug-likeness (QED) is 0.730. The molecular formula is C20H27N5O2. The van der Waals surface area contributed by atoms with Gasteiger partial charge in [-0.05, 0) is 42.5 Å². The van der Waals surface area contributed by atoms with Crippen LogP contribution in [0.3, 0.4) is 0 Å². The molecule has 0 saturated carbocycles. The first-order valence-corrected chi connectivity index (χ1v) is 9.45. The Kier molecular flexibility index (Phi) is 6.98. The van der Waals surface area contributed by atoms with Crippen molar-refractivity contribution >= 4 is 11.9 Å². The normalized spacial score (nSPS) is 16.8. The fourth-order valence-corrected chi connectivity index (χ4v) is 3.30. The monoisotopic (exact) mass is 369 g/mol. The number of benzene rings is 1. The van der Waals surface area contributed by atoms with E-state index in [0.717, 1.165) is 43.2 Å². The van der Waals surface area contributed by atoms with Gasteiger partial charge in [-0.15, -0.1) is 0 Å². The zero-order valence-corrected chi connectivity index (χ0v) is 15.5. The summed E-state index contributed by atoms with van der Waals surface area (Å²) in [6, 6.07) is 9.42. The van der Waals surface area contributed by atoms with Gasteiger partial charge in [0.1, 0.15) is 12.4 Å². The zero-order chi connectivity index (χ0) is 18.9. The van der Waals surface area contributed by atoms with Crippen molar-refractivity contribution in [3.8, 4) is 5.75 Å². The number of nitrogens with one attached hydrogen (secondary N) is 1. The maximum atomic E-state index is 12.3. The molecule has 27 heavy (non-hydrogen) atoms. The van der Waals surface area contributed by atoms with Crippen molar-refractivity contribution in [2.75, 3.05) is 37.7 Å². The van der Waals surface area contributed by atoms with Gasteiger partial charge >= 0.3 is 0 Å². The fraction of sp³-hybridized carbons (Fsp3) is 0.450. The standard InChI is InChI=1S/C20H27N5O2/c21-7-11-27-18-6-1-4-16(12-18)13-19(26)24-14-17-5-2-10-25(15-17)20-22-8-3-9-23-20/h1,3-4,6,8-9,12,17H,2,5,7,10-11,13-15,21H2,(H,24,26)/t17-/m1/s1.